The maximum atomic E-state index is 12.8. The van der Waals surface area contributed by atoms with E-state index in [-0.39, 0.29) is 6.61 Å². The van der Waals surface area contributed by atoms with Gasteiger partial charge in [-0.2, -0.15) is 4.99 Å². The van der Waals surface area contributed by atoms with Crippen LogP contribution in [-0.2, 0) is 48.3 Å². The lowest BCUT2D eigenvalue weighted by Gasteiger charge is -2.08. The quantitative estimate of drug-likeness (QED) is 0.179. The molecule has 222 valence electrons. The minimum atomic E-state index is -4.15. The lowest BCUT2D eigenvalue weighted by atomic mass is 10.1. The second kappa shape index (κ2) is 14.2. The number of fused-ring (bicyclic) bond motifs is 2. The molecule has 0 atom stereocenters. The van der Waals surface area contributed by atoms with Gasteiger partial charge < -0.3 is 19.4 Å². The van der Waals surface area contributed by atoms with Crippen LogP contribution in [0.1, 0.15) is 53.9 Å². The highest BCUT2D eigenvalue weighted by atomic mass is 79.9. The van der Waals surface area contributed by atoms with Gasteiger partial charge in [-0.25, -0.2) is 13.2 Å². The fourth-order valence-electron chi connectivity index (χ4n) is 4.64. The van der Waals surface area contributed by atoms with Crippen molar-refractivity contribution in [2.24, 2.45) is 4.99 Å². The summed E-state index contributed by atoms with van der Waals surface area (Å²) in [7, 11) is -4.15. The monoisotopic (exact) mass is 685 g/mol. The SMILES string of the molecule is CCOCCn1c(=NC(=O)CS(=O)(=O)CC(=O)Nc2sc3c(c2C(=O)OCC)CCCCC3)sc2cc(Br)ccc21. The summed E-state index contributed by atoms with van der Waals surface area (Å²) in [4.78, 5) is 43.8. The summed E-state index contributed by atoms with van der Waals surface area (Å²) in [5.41, 5.74) is 2.02. The summed E-state index contributed by atoms with van der Waals surface area (Å²) in [5.74, 6) is -4.06. The highest BCUT2D eigenvalue weighted by molar-refractivity contribution is 9.10. The van der Waals surface area contributed by atoms with E-state index in [1.54, 1.807) is 6.92 Å². The van der Waals surface area contributed by atoms with Gasteiger partial charge in [0.15, 0.2) is 14.6 Å². The van der Waals surface area contributed by atoms with E-state index in [0.717, 1.165) is 50.8 Å². The lowest BCUT2D eigenvalue weighted by molar-refractivity contribution is -0.115. The number of carbonyl (C=O) groups excluding carboxylic acids is 3. The van der Waals surface area contributed by atoms with E-state index < -0.39 is 39.1 Å². The molecule has 0 saturated carbocycles. The molecule has 0 unspecified atom stereocenters. The number of thiophene rings is 1. The van der Waals surface area contributed by atoms with Crippen molar-refractivity contribution in [2.45, 2.75) is 52.5 Å². The molecule has 1 aliphatic carbocycles. The van der Waals surface area contributed by atoms with Crippen LogP contribution < -0.4 is 10.1 Å². The maximum absolute atomic E-state index is 12.8. The van der Waals surface area contributed by atoms with Crippen molar-refractivity contribution in [2.75, 3.05) is 36.6 Å². The third kappa shape index (κ3) is 8.13. The number of thiazole rings is 1. The molecule has 2 aromatic heterocycles. The van der Waals surface area contributed by atoms with E-state index in [9.17, 15) is 22.8 Å². The summed E-state index contributed by atoms with van der Waals surface area (Å²) in [6.07, 6.45) is 4.44. The van der Waals surface area contributed by atoms with Gasteiger partial charge in [-0.1, -0.05) is 33.7 Å². The van der Waals surface area contributed by atoms with E-state index in [4.69, 9.17) is 9.47 Å². The molecule has 2 amide bonds. The standard InChI is InChI=1S/C27H32BrN3O7S3/c1-3-37-13-12-31-19-11-10-17(28)14-21(19)40-27(31)30-23(33)16-41(35,36)15-22(32)29-25-24(26(34)38-4-2)18-8-6-5-7-9-20(18)39-25/h10-11,14H,3-9,12-13,15-16H2,1-2H3,(H,29,32). The number of hydrogen-bond donors (Lipinski definition) is 1. The number of halogens is 1. The van der Waals surface area contributed by atoms with Crippen LogP contribution in [0.3, 0.4) is 0 Å². The van der Waals surface area contributed by atoms with E-state index in [2.05, 4.69) is 26.2 Å². The van der Waals surface area contributed by atoms with Crippen LogP contribution in [0.25, 0.3) is 10.2 Å². The molecule has 41 heavy (non-hydrogen) atoms. The molecular weight excluding hydrogens is 654 g/mol. The number of rotatable bonds is 11. The van der Waals surface area contributed by atoms with Crippen LogP contribution in [-0.4, -0.2) is 62.1 Å². The largest absolute Gasteiger partial charge is 0.462 e. The highest BCUT2D eigenvalue weighted by Crippen LogP contribution is 2.38. The Morgan fingerprint density at radius 1 is 1.07 bits per heavy atom. The molecule has 0 spiro atoms. The fraction of sp³-hybridized carbons (Fsp3) is 0.481. The molecule has 0 bridgehead atoms. The molecule has 0 fully saturated rings. The third-order valence-corrected chi connectivity index (χ3v) is 10.5. The highest BCUT2D eigenvalue weighted by Gasteiger charge is 2.28. The Kier molecular flexibility index (Phi) is 10.9. The number of ether oxygens (including phenoxy) is 2. The van der Waals surface area contributed by atoms with Gasteiger partial charge in [0.2, 0.25) is 5.91 Å². The van der Waals surface area contributed by atoms with Crippen molar-refractivity contribution in [3.63, 3.8) is 0 Å². The van der Waals surface area contributed by atoms with Crippen LogP contribution in [0, 0.1) is 0 Å². The predicted octanol–water partition coefficient (Wildman–Crippen LogP) is 4.49. The van der Waals surface area contributed by atoms with Crippen molar-refractivity contribution < 1.29 is 32.3 Å². The van der Waals surface area contributed by atoms with Crippen LogP contribution in [0.4, 0.5) is 5.00 Å². The predicted molar refractivity (Wildman–Crippen MR) is 163 cm³/mol. The first-order valence-corrected chi connectivity index (χ1v) is 17.6. The molecule has 0 radical (unpaired) electrons. The van der Waals surface area contributed by atoms with Gasteiger partial charge in [-0.15, -0.1) is 11.3 Å². The fourth-order valence-corrected chi connectivity index (χ4v) is 8.57. The summed E-state index contributed by atoms with van der Waals surface area (Å²) >= 11 is 5.99. The normalized spacial score (nSPS) is 14.1. The van der Waals surface area contributed by atoms with Crippen LogP contribution in [0.2, 0.25) is 0 Å². The molecule has 1 aliphatic rings. The number of hydrogen-bond acceptors (Lipinski definition) is 9. The number of benzene rings is 1. The number of sulfone groups is 1. The van der Waals surface area contributed by atoms with E-state index >= 15 is 0 Å². The molecule has 1 N–H and O–H groups in total. The molecule has 4 rings (SSSR count). The Labute approximate surface area is 254 Å². The number of nitrogens with one attached hydrogen (secondary N) is 1. The van der Waals surface area contributed by atoms with Crippen molar-refractivity contribution >= 4 is 81.4 Å². The number of anilines is 1. The van der Waals surface area contributed by atoms with Crippen LogP contribution in [0.5, 0.6) is 0 Å². The lowest BCUT2D eigenvalue weighted by Crippen LogP contribution is -2.28. The molecule has 3 aromatic rings. The van der Waals surface area contributed by atoms with Gasteiger partial charge in [-0.05, 0) is 63.3 Å². The Balaban J connectivity index is 1.51. The smallest absolute Gasteiger partial charge is 0.341 e. The number of aryl methyl sites for hydroxylation is 1. The van der Waals surface area contributed by atoms with Gasteiger partial charge in [0, 0.05) is 22.5 Å². The van der Waals surface area contributed by atoms with Gasteiger partial charge >= 0.3 is 5.97 Å². The number of nitrogens with zero attached hydrogens (tertiary/aromatic N) is 2. The van der Waals surface area contributed by atoms with Crippen molar-refractivity contribution in [3.05, 3.63) is 43.5 Å². The third-order valence-electron chi connectivity index (χ3n) is 6.38. The minimum absolute atomic E-state index is 0.180. The van der Waals surface area contributed by atoms with Crippen molar-refractivity contribution in [3.8, 4) is 0 Å². The molecule has 14 heteroatoms. The second-order valence-electron chi connectivity index (χ2n) is 9.42. The maximum Gasteiger partial charge on any atom is 0.341 e. The van der Waals surface area contributed by atoms with E-state index in [1.807, 2.05) is 29.7 Å². The first kappa shape index (κ1) is 31.5. The zero-order valence-electron chi connectivity index (χ0n) is 22.9. The average molecular weight is 687 g/mol. The second-order valence-corrected chi connectivity index (χ2v) is 14.5. The van der Waals surface area contributed by atoms with Crippen molar-refractivity contribution in [1.82, 2.24) is 4.57 Å². The van der Waals surface area contributed by atoms with Crippen LogP contribution >= 0.6 is 38.6 Å². The summed E-state index contributed by atoms with van der Waals surface area (Å²) in [5, 5.41) is 2.89. The van der Waals surface area contributed by atoms with Gasteiger partial charge in [0.05, 0.1) is 29.0 Å². The minimum Gasteiger partial charge on any atom is -0.462 e. The number of esters is 1. The molecule has 1 aromatic carbocycles. The first-order valence-electron chi connectivity index (χ1n) is 13.4. The van der Waals surface area contributed by atoms with Gasteiger partial charge in [0.1, 0.15) is 16.5 Å². The first-order chi connectivity index (χ1) is 19.6. The van der Waals surface area contributed by atoms with Crippen LogP contribution in [0.15, 0.2) is 27.7 Å². The van der Waals surface area contributed by atoms with Gasteiger partial charge in [0.25, 0.3) is 5.91 Å². The summed E-state index contributed by atoms with van der Waals surface area (Å²) < 4.78 is 39.9. The zero-order chi connectivity index (χ0) is 29.6. The Hall–Kier alpha value is -2.39. The van der Waals surface area contributed by atoms with Crippen molar-refractivity contribution in [1.29, 1.82) is 0 Å². The number of carbonyl (C=O) groups is 3. The number of aromatic nitrogens is 1. The molecule has 0 saturated heterocycles. The zero-order valence-corrected chi connectivity index (χ0v) is 26.9. The molecular formula is C27H32BrN3O7S3. The Morgan fingerprint density at radius 2 is 1.85 bits per heavy atom. The summed E-state index contributed by atoms with van der Waals surface area (Å²) in [6, 6.07) is 5.66. The van der Waals surface area contributed by atoms with E-state index in [0.29, 0.717) is 41.5 Å². The molecule has 0 aliphatic heterocycles. The van der Waals surface area contributed by atoms with Gasteiger partial charge in [-0.3, -0.25) is 9.59 Å². The Bertz CT molecular complexity index is 1620. The molecule has 10 nitrogen and oxygen atoms in total. The van der Waals surface area contributed by atoms with E-state index in [1.165, 1.54) is 22.7 Å². The summed E-state index contributed by atoms with van der Waals surface area (Å²) in [6.45, 7) is 5.14. The number of amides is 2. The topological polar surface area (TPSA) is 133 Å². The Morgan fingerprint density at radius 3 is 2.61 bits per heavy atom. The average Bonchev–Trinajstić information content (AvgIpc) is 3.29. The molecule has 2 heterocycles.